The lowest BCUT2D eigenvalue weighted by Gasteiger charge is -2.17. The predicted octanol–water partition coefficient (Wildman–Crippen LogP) is 2.97. The maximum absolute atomic E-state index is 12.2. The Labute approximate surface area is 116 Å². The molecule has 3 nitrogen and oxygen atoms in total. The highest BCUT2D eigenvalue weighted by atomic mass is 16.2. The van der Waals surface area contributed by atoms with Gasteiger partial charge < -0.3 is 0 Å². The summed E-state index contributed by atoms with van der Waals surface area (Å²) >= 11 is 0. The number of rotatable bonds is 1. The fourth-order valence-corrected chi connectivity index (χ4v) is 2.99. The summed E-state index contributed by atoms with van der Waals surface area (Å²) in [5.74, 6) is 0.0888. The van der Waals surface area contributed by atoms with Gasteiger partial charge in [0, 0.05) is 11.6 Å². The van der Waals surface area contributed by atoms with Crippen molar-refractivity contribution in [1.29, 1.82) is 0 Å². The zero-order valence-electron chi connectivity index (χ0n) is 10.9. The Hall–Kier alpha value is -2.39. The summed E-state index contributed by atoms with van der Waals surface area (Å²) in [6.07, 6.45) is 1.87. The smallest absolute Gasteiger partial charge is 0.245 e. The van der Waals surface area contributed by atoms with Crippen LogP contribution in [0.1, 0.15) is 22.0 Å². The summed E-state index contributed by atoms with van der Waals surface area (Å²) in [5, 5.41) is 4.48. The number of carbonyl (C=O) groups excluding carboxylic acids is 1. The van der Waals surface area contributed by atoms with Crippen LogP contribution in [0.3, 0.4) is 0 Å². The lowest BCUT2D eigenvalue weighted by Crippen LogP contribution is -2.27. The molecule has 20 heavy (non-hydrogen) atoms. The first-order chi connectivity index (χ1) is 9.84. The maximum Gasteiger partial charge on any atom is 0.245 e. The first kappa shape index (κ1) is 11.4. The number of carbonyl (C=O) groups is 1. The zero-order valence-corrected chi connectivity index (χ0v) is 10.9. The van der Waals surface area contributed by atoms with Crippen LogP contribution < -0.4 is 5.32 Å². The highest BCUT2D eigenvalue weighted by molar-refractivity contribution is 5.96. The molecule has 1 aromatic heterocycles. The van der Waals surface area contributed by atoms with Gasteiger partial charge in [-0.05, 0) is 17.2 Å². The number of nitrogens with zero attached hydrogens (tertiary/aromatic N) is 1. The number of benzene rings is 2. The Morgan fingerprint density at radius 3 is 2.70 bits per heavy atom. The minimum absolute atomic E-state index is 0.0556. The molecule has 3 heteroatoms. The number of aromatic nitrogens is 1. The van der Waals surface area contributed by atoms with Gasteiger partial charge in [-0.2, -0.15) is 0 Å². The van der Waals surface area contributed by atoms with Crippen molar-refractivity contribution in [3.63, 3.8) is 0 Å². The molecule has 0 amide bonds. The van der Waals surface area contributed by atoms with Crippen molar-refractivity contribution >= 4 is 16.8 Å². The van der Waals surface area contributed by atoms with E-state index in [1.54, 1.807) is 4.57 Å². The van der Waals surface area contributed by atoms with Crippen LogP contribution in [0.4, 0.5) is 0 Å². The quantitative estimate of drug-likeness (QED) is 0.731. The molecule has 0 saturated heterocycles. The lowest BCUT2D eigenvalue weighted by molar-refractivity contribution is 0.0918. The van der Waals surface area contributed by atoms with E-state index in [-0.39, 0.29) is 11.9 Å². The van der Waals surface area contributed by atoms with E-state index in [1.165, 1.54) is 5.56 Å². The fraction of sp³-hybridized carbons (Fsp3) is 0.118. The molecule has 98 valence electrons. The van der Waals surface area contributed by atoms with Gasteiger partial charge in [-0.25, -0.2) is 0 Å². The fourth-order valence-electron chi connectivity index (χ4n) is 2.99. The SMILES string of the molecule is O=C1CN[C@@H](c2ccccc2)c2cccc3ccn1c23. The molecule has 0 fully saturated rings. The van der Waals surface area contributed by atoms with Crippen molar-refractivity contribution in [2.75, 3.05) is 6.54 Å². The van der Waals surface area contributed by atoms with E-state index in [0.717, 1.165) is 16.5 Å². The van der Waals surface area contributed by atoms with Crippen molar-refractivity contribution in [2.24, 2.45) is 0 Å². The second-order valence-corrected chi connectivity index (χ2v) is 5.09. The van der Waals surface area contributed by atoms with E-state index in [1.807, 2.05) is 30.5 Å². The third-order valence-electron chi connectivity index (χ3n) is 3.91. The van der Waals surface area contributed by atoms with Crippen LogP contribution in [-0.2, 0) is 0 Å². The Morgan fingerprint density at radius 1 is 1.00 bits per heavy atom. The first-order valence-corrected chi connectivity index (χ1v) is 6.76. The summed E-state index contributed by atoms with van der Waals surface area (Å²) in [4.78, 5) is 12.2. The summed E-state index contributed by atoms with van der Waals surface area (Å²) in [6.45, 7) is 0.345. The van der Waals surface area contributed by atoms with Crippen molar-refractivity contribution in [2.45, 2.75) is 6.04 Å². The van der Waals surface area contributed by atoms with Gasteiger partial charge in [-0.3, -0.25) is 14.7 Å². The minimum atomic E-state index is 0.0556. The van der Waals surface area contributed by atoms with Gasteiger partial charge in [-0.15, -0.1) is 0 Å². The van der Waals surface area contributed by atoms with Crippen molar-refractivity contribution in [1.82, 2.24) is 9.88 Å². The maximum atomic E-state index is 12.2. The number of hydrogen-bond acceptors (Lipinski definition) is 2. The van der Waals surface area contributed by atoms with E-state index < -0.39 is 0 Å². The Balaban J connectivity index is 2.00. The molecule has 1 atom stereocenters. The van der Waals surface area contributed by atoms with Crippen LogP contribution in [0.15, 0.2) is 60.8 Å². The number of hydrogen-bond donors (Lipinski definition) is 1. The van der Waals surface area contributed by atoms with Gasteiger partial charge in [0.2, 0.25) is 5.91 Å². The normalized spacial score (nSPS) is 18.2. The van der Waals surface area contributed by atoms with Gasteiger partial charge in [-0.1, -0.05) is 48.5 Å². The van der Waals surface area contributed by atoms with Crippen LogP contribution in [0.5, 0.6) is 0 Å². The van der Waals surface area contributed by atoms with E-state index in [4.69, 9.17) is 0 Å². The first-order valence-electron chi connectivity index (χ1n) is 6.76. The second-order valence-electron chi connectivity index (χ2n) is 5.09. The van der Waals surface area contributed by atoms with Crippen molar-refractivity contribution in [3.05, 3.63) is 71.9 Å². The third kappa shape index (κ3) is 1.60. The molecule has 1 aliphatic rings. The molecule has 0 spiro atoms. The molecule has 3 aromatic rings. The predicted molar refractivity (Wildman–Crippen MR) is 78.9 cm³/mol. The molecule has 1 N–H and O–H groups in total. The molecule has 0 radical (unpaired) electrons. The van der Waals surface area contributed by atoms with Crippen LogP contribution in [0.25, 0.3) is 10.9 Å². The molecule has 0 saturated carbocycles. The van der Waals surface area contributed by atoms with Gasteiger partial charge >= 0.3 is 0 Å². The second kappa shape index (κ2) is 4.32. The zero-order chi connectivity index (χ0) is 13.5. The van der Waals surface area contributed by atoms with Gasteiger partial charge in [0.15, 0.2) is 0 Å². The van der Waals surface area contributed by atoms with Crippen LogP contribution >= 0.6 is 0 Å². The molecular formula is C17H14N2O. The number of para-hydroxylation sites is 1. The molecule has 2 heterocycles. The van der Waals surface area contributed by atoms with Gasteiger partial charge in [0.25, 0.3) is 0 Å². The van der Waals surface area contributed by atoms with Gasteiger partial charge in [0.1, 0.15) is 0 Å². The topological polar surface area (TPSA) is 34.0 Å². The monoisotopic (exact) mass is 262 g/mol. The summed E-state index contributed by atoms with van der Waals surface area (Å²) < 4.78 is 1.76. The summed E-state index contributed by atoms with van der Waals surface area (Å²) in [7, 11) is 0. The van der Waals surface area contributed by atoms with E-state index in [0.29, 0.717) is 6.54 Å². The van der Waals surface area contributed by atoms with E-state index in [9.17, 15) is 4.79 Å². The molecule has 0 bridgehead atoms. The van der Waals surface area contributed by atoms with Crippen LogP contribution in [0, 0.1) is 0 Å². The molecule has 2 aromatic carbocycles. The summed E-state index contributed by atoms with van der Waals surface area (Å²) in [5.41, 5.74) is 3.36. The largest absolute Gasteiger partial charge is 0.298 e. The minimum Gasteiger partial charge on any atom is -0.298 e. The molecule has 1 aliphatic heterocycles. The molecule has 0 unspecified atom stereocenters. The summed E-state index contributed by atoms with van der Waals surface area (Å²) in [6, 6.07) is 18.5. The Kier molecular flexibility index (Phi) is 2.47. The third-order valence-corrected chi connectivity index (χ3v) is 3.91. The standard InChI is InChI=1S/C17H14N2O/c20-15-11-18-16(12-5-2-1-3-6-12)14-8-4-7-13-9-10-19(15)17(13)14/h1-10,16,18H,11H2/t16-/m0/s1. The Morgan fingerprint density at radius 2 is 1.85 bits per heavy atom. The van der Waals surface area contributed by atoms with E-state index in [2.05, 4.69) is 35.6 Å². The van der Waals surface area contributed by atoms with E-state index >= 15 is 0 Å². The van der Waals surface area contributed by atoms with Crippen LogP contribution in [0.2, 0.25) is 0 Å². The average molecular weight is 262 g/mol. The van der Waals surface area contributed by atoms with Crippen molar-refractivity contribution < 1.29 is 4.79 Å². The number of nitrogens with one attached hydrogen (secondary N) is 1. The van der Waals surface area contributed by atoms with Crippen LogP contribution in [-0.4, -0.2) is 17.0 Å². The molecule has 0 aliphatic carbocycles. The Bertz CT molecular complexity index is 789. The highest BCUT2D eigenvalue weighted by Gasteiger charge is 2.24. The van der Waals surface area contributed by atoms with Crippen molar-refractivity contribution in [3.8, 4) is 0 Å². The highest BCUT2D eigenvalue weighted by Crippen LogP contribution is 2.31. The molecule has 4 rings (SSSR count). The lowest BCUT2D eigenvalue weighted by atomic mass is 9.97. The molecular weight excluding hydrogens is 248 g/mol. The average Bonchev–Trinajstić information content (AvgIpc) is 2.87. The van der Waals surface area contributed by atoms with Gasteiger partial charge in [0.05, 0.1) is 18.1 Å².